The molecule has 1 heterocycles. The smallest absolute Gasteiger partial charge is 0.269 e. The molecular weight excluding hydrogens is 393 g/mol. The van der Waals surface area contributed by atoms with Gasteiger partial charge in [0.25, 0.3) is 5.69 Å². The first kappa shape index (κ1) is 21.6. The fraction of sp³-hybridized carbons (Fsp3) is 0.500. The summed E-state index contributed by atoms with van der Waals surface area (Å²) in [7, 11) is -3.62. The van der Waals surface area contributed by atoms with Gasteiger partial charge in [0.15, 0.2) is 14.6 Å². The standard InChI is InChI=1S/C14H18ClN3O5S.ClH/c1-24(22,23)14(4-6-16-7-5-14)13(19)17-9-10-8-11(18(20)21)2-3-12(10)15;/h2-3,8,16H,4-7,9H2,1H3,(H,17,19);1H. The SMILES string of the molecule is CS(=O)(=O)C1(C(=O)NCc2cc([N+](=O)[O-])ccc2Cl)CCNCC1.Cl. The van der Waals surface area contributed by atoms with Crippen LogP contribution in [0.1, 0.15) is 18.4 Å². The van der Waals surface area contributed by atoms with Crippen LogP contribution in [0.25, 0.3) is 0 Å². The molecule has 1 fully saturated rings. The highest BCUT2D eigenvalue weighted by atomic mass is 35.5. The summed E-state index contributed by atoms with van der Waals surface area (Å²) in [6.45, 7) is 0.778. The first-order chi connectivity index (χ1) is 11.2. The molecule has 0 bridgehead atoms. The van der Waals surface area contributed by atoms with E-state index in [2.05, 4.69) is 10.6 Å². The maximum Gasteiger partial charge on any atom is 0.269 e. The largest absolute Gasteiger partial charge is 0.351 e. The molecule has 11 heteroatoms. The number of nitrogens with zero attached hydrogens (tertiary/aromatic N) is 1. The summed E-state index contributed by atoms with van der Waals surface area (Å²) in [5.74, 6) is -0.603. The zero-order valence-electron chi connectivity index (χ0n) is 13.5. The highest BCUT2D eigenvalue weighted by molar-refractivity contribution is 7.92. The van der Waals surface area contributed by atoms with Gasteiger partial charge in [-0.2, -0.15) is 0 Å². The molecule has 0 radical (unpaired) electrons. The highest BCUT2D eigenvalue weighted by Gasteiger charge is 2.48. The van der Waals surface area contributed by atoms with E-state index in [-0.39, 0.29) is 42.5 Å². The fourth-order valence-corrected chi connectivity index (χ4v) is 4.28. The predicted octanol–water partition coefficient (Wildman–Crippen LogP) is 1.45. The Morgan fingerprint density at radius 1 is 1.40 bits per heavy atom. The van der Waals surface area contributed by atoms with Crippen molar-refractivity contribution >= 4 is 45.4 Å². The Balaban J connectivity index is 0.00000312. The van der Waals surface area contributed by atoms with Gasteiger partial charge in [-0.05, 0) is 37.6 Å². The van der Waals surface area contributed by atoms with Crippen molar-refractivity contribution in [3.8, 4) is 0 Å². The van der Waals surface area contributed by atoms with Crippen molar-refractivity contribution in [2.45, 2.75) is 24.1 Å². The Morgan fingerprint density at radius 3 is 2.52 bits per heavy atom. The van der Waals surface area contributed by atoms with E-state index in [1.54, 1.807) is 0 Å². The van der Waals surface area contributed by atoms with Crippen LogP contribution in [0.2, 0.25) is 5.02 Å². The maximum atomic E-state index is 12.6. The Morgan fingerprint density at radius 2 is 2.00 bits per heavy atom. The van der Waals surface area contributed by atoms with Gasteiger partial charge in [-0.15, -0.1) is 12.4 Å². The molecule has 0 aromatic heterocycles. The van der Waals surface area contributed by atoms with Crippen LogP contribution in [-0.2, 0) is 21.2 Å². The van der Waals surface area contributed by atoms with Crippen molar-refractivity contribution in [1.29, 1.82) is 0 Å². The highest BCUT2D eigenvalue weighted by Crippen LogP contribution is 2.28. The second kappa shape index (κ2) is 8.31. The number of piperidine rings is 1. The normalized spacial score (nSPS) is 16.6. The second-order valence-corrected chi connectivity index (χ2v) is 8.46. The molecule has 8 nitrogen and oxygen atoms in total. The van der Waals surface area contributed by atoms with E-state index in [0.29, 0.717) is 18.7 Å². The number of carbonyl (C=O) groups excluding carboxylic acids is 1. The molecule has 1 aliphatic heterocycles. The summed E-state index contributed by atoms with van der Waals surface area (Å²) in [6, 6.07) is 3.90. The van der Waals surface area contributed by atoms with Gasteiger partial charge in [0, 0.05) is 30.0 Å². The monoisotopic (exact) mass is 411 g/mol. The Bertz CT molecular complexity index is 764. The maximum absolute atomic E-state index is 12.6. The van der Waals surface area contributed by atoms with E-state index >= 15 is 0 Å². The van der Waals surface area contributed by atoms with Crippen molar-refractivity contribution in [2.75, 3.05) is 19.3 Å². The molecule has 1 saturated heterocycles. The summed E-state index contributed by atoms with van der Waals surface area (Å²) in [5, 5.41) is 16.7. The van der Waals surface area contributed by atoms with Crippen LogP contribution in [0.5, 0.6) is 0 Å². The van der Waals surface area contributed by atoms with E-state index in [9.17, 15) is 23.3 Å². The first-order valence-electron chi connectivity index (χ1n) is 7.29. The summed E-state index contributed by atoms with van der Waals surface area (Å²) < 4.78 is 22.9. The number of sulfone groups is 1. The van der Waals surface area contributed by atoms with Crippen LogP contribution in [0.15, 0.2) is 18.2 Å². The van der Waals surface area contributed by atoms with Crippen LogP contribution in [0.4, 0.5) is 5.69 Å². The molecule has 1 amide bonds. The Labute approximate surface area is 156 Å². The molecule has 1 aliphatic rings. The van der Waals surface area contributed by atoms with Crippen molar-refractivity contribution in [1.82, 2.24) is 10.6 Å². The third kappa shape index (κ3) is 4.60. The minimum absolute atomic E-state index is 0. The van der Waals surface area contributed by atoms with Crippen molar-refractivity contribution in [3.05, 3.63) is 38.9 Å². The number of non-ortho nitro benzene ring substituents is 1. The predicted molar refractivity (Wildman–Crippen MR) is 96.9 cm³/mol. The number of carbonyl (C=O) groups is 1. The van der Waals surface area contributed by atoms with E-state index in [0.717, 1.165) is 6.26 Å². The molecule has 0 aliphatic carbocycles. The molecule has 0 unspecified atom stereocenters. The average Bonchev–Trinajstić information content (AvgIpc) is 2.53. The number of rotatable bonds is 5. The summed E-state index contributed by atoms with van der Waals surface area (Å²) in [5.41, 5.74) is 0.208. The van der Waals surface area contributed by atoms with E-state index < -0.39 is 25.4 Å². The van der Waals surface area contributed by atoms with E-state index in [4.69, 9.17) is 11.6 Å². The van der Waals surface area contributed by atoms with E-state index in [1.165, 1.54) is 18.2 Å². The number of nitro benzene ring substituents is 1. The van der Waals surface area contributed by atoms with Gasteiger partial charge in [0.1, 0.15) is 0 Å². The lowest BCUT2D eigenvalue weighted by atomic mass is 9.95. The first-order valence-corrected chi connectivity index (χ1v) is 9.56. The summed E-state index contributed by atoms with van der Waals surface area (Å²) in [6.07, 6.45) is 1.42. The minimum Gasteiger partial charge on any atom is -0.351 e. The van der Waals surface area contributed by atoms with Gasteiger partial charge in [0.2, 0.25) is 5.91 Å². The zero-order chi connectivity index (χ0) is 18.0. The molecule has 1 aromatic rings. The van der Waals surface area contributed by atoms with Crippen molar-refractivity contribution in [3.63, 3.8) is 0 Å². The van der Waals surface area contributed by atoms with Crippen LogP contribution in [0, 0.1) is 10.1 Å². The quantitative estimate of drug-likeness (QED) is 0.558. The lowest BCUT2D eigenvalue weighted by Gasteiger charge is -2.34. The lowest BCUT2D eigenvalue weighted by Crippen LogP contribution is -2.57. The van der Waals surface area contributed by atoms with Crippen molar-refractivity contribution in [2.24, 2.45) is 0 Å². The number of hydrogen-bond acceptors (Lipinski definition) is 6. The number of benzene rings is 1. The number of nitro groups is 1. The van der Waals surface area contributed by atoms with Crippen LogP contribution in [-0.4, -0.2) is 43.3 Å². The number of halogens is 2. The molecule has 1 aromatic carbocycles. The number of amides is 1. The topological polar surface area (TPSA) is 118 Å². The van der Waals surface area contributed by atoms with Crippen molar-refractivity contribution < 1.29 is 18.1 Å². The van der Waals surface area contributed by atoms with Crippen LogP contribution >= 0.6 is 24.0 Å². The van der Waals surface area contributed by atoms with Gasteiger partial charge < -0.3 is 10.6 Å². The van der Waals surface area contributed by atoms with E-state index in [1.807, 2.05) is 0 Å². The van der Waals surface area contributed by atoms with Crippen LogP contribution in [0.3, 0.4) is 0 Å². The number of hydrogen-bond donors (Lipinski definition) is 2. The summed E-state index contributed by atoms with van der Waals surface area (Å²) >= 11 is 5.99. The minimum atomic E-state index is -3.62. The lowest BCUT2D eigenvalue weighted by molar-refractivity contribution is -0.384. The van der Waals surface area contributed by atoms with Gasteiger partial charge in [-0.1, -0.05) is 11.6 Å². The Kier molecular flexibility index (Phi) is 7.18. The van der Waals surface area contributed by atoms with Gasteiger partial charge in [0.05, 0.1) is 4.92 Å². The molecular formula is C14H19Cl2N3O5S. The molecule has 0 saturated carbocycles. The fourth-order valence-electron chi connectivity index (χ4n) is 2.74. The molecule has 0 spiro atoms. The van der Waals surface area contributed by atoms with Gasteiger partial charge >= 0.3 is 0 Å². The molecule has 2 N–H and O–H groups in total. The van der Waals surface area contributed by atoms with Gasteiger partial charge in [-0.25, -0.2) is 8.42 Å². The average molecular weight is 412 g/mol. The molecule has 140 valence electrons. The number of nitrogens with one attached hydrogen (secondary N) is 2. The van der Waals surface area contributed by atoms with Crippen LogP contribution < -0.4 is 10.6 Å². The summed E-state index contributed by atoms with van der Waals surface area (Å²) in [4.78, 5) is 22.8. The van der Waals surface area contributed by atoms with Gasteiger partial charge in [-0.3, -0.25) is 14.9 Å². The molecule has 25 heavy (non-hydrogen) atoms. The third-order valence-electron chi connectivity index (χ3n) is 4.21. The second-order valence-electron chi connectivity index (χ2n) is 5.73. The molecule has 0 atom stereocenters. The third-order valence-corrected chi connectivity index (χ3v) is 6.60. The Hall–Kier alpha value is -1.42. The zero-order valence-corrected chi connectivity index (χ0v) is 15.8. The molecule has 2 rings (SSSR count).